The molecular formula is C18H25N3O3. The van der Waals surface area contributed by atoms with Crippen LogP contribution >= 0.6 is 0 Å². The van der Waals surface area contributed by atoms with Gasteiger partial charge in [-0.15, -0.1) is 0 Å². The van der Waals surface area contributed by atoms with Gasteiger partial charge < -0.3 is 10.6 Å². The third-order valence-corrected chi connectivity index (χ3v) is 4.10. The van der Waals surface area contributed by atoms with Gasteiger partial charge in [0.2, 0.25) is 5.91 Å². The van der Waals surface area contributed by atoms with Crippen LogP contribution in [0.4, 0.5) is 4.79 Å². The van der Waals surface area contributed by atoms with Crippen LogP contribution in [0.15, 0.2) is 24.3 Å². The monoisotopic (exact) mass is 331 g/mol. The summed E-state index contributed by atoms with van der Waals surface area (Å²) >= 11 is 0. The fourth-order valence-electron chi connectivity index (χ4n) is 2.84. The fourth-order valence-corrected chi connectivity index (χ4v) is 2.84. The number of urea groups is 1. The van der Waals surface area contributed by atoms with Crippen molar-refractivity contribution >= 4 is 17.8 Å². The molecule has 1 fully saturated rings. The number of carbonyl (C=O) groups is 3. The normalized spacial score (nSPS) is 20.5. The van der Waals surface area contributed by atoms with E-state index in [-0.39, 0.29) is 18.5 Å². The first-order valence-corrected chi connectivity index (χ1v) is 8.30. The second-order valence-corrected chi connectivity index (χ2v) is 6.62. The lowest BCUT2D eigenvalue weighted by atomic mass is 9.91. The van der Waals surface area contributed by atoms with Gasteiger partial charge in [0.1, 0.15) is 12.1 Å². The number of benzene rings is 1. The summed E-state index contributed by atoms with van der Waals surface area (Å²) in [6.07, 6.45) is 2.02. The van der Waals surface area contributed by atoms with Crippen molar-refractivity contribution in [1.82, 2.24) is 15.5 Å². The Bertz CT molecular complexity index is 639. The number of hydrogen-bond donors (Lipinski definition) is 2. The van der Waals surface area contributed by atoms with Gasteiger partial charge in [0.05, 0.1) is 0 Å². The maximum Gasteiger partial charge on any atom is 0.325 e. The highest BCUT2D eigenvalue weighted by molar-refractivity contribution is 6.09. The minimum atomic E-state index is -1.14. The zero-order valence-electron chi connectivity index (χ0n) is 14.7. The summed E-state index contributed by atoms with van der Waals surface area (Å²) in [5.41, 5.74) is 0.766. The summed E-state index contributed by atoms with van der Waals surface area (Å²) in [6.45, 7) is 7.16. The maximum atomic E-state index is 12.7. The molecule has 6 nitrogen and oxygen atoms in total. The van der Waals surface area contributed by atoms with E-state index in [0.717, 1.165) is 17.7 Å². The van der Waals surface area contributed by atoms with E-state index < -0.39 is 17.5 Å². The summed E-state index contributed by atoms with van der Waals surface area (Å²) in [7, 11) is 0. The molecule has 0 saturated carbocycles. The lowest BCUT2D eigenvalue weighted by Gasteiger charge is -2.22. The van der Waals surface area contributed by atoms with Gasteiger partial charge in [0.25, 0.3) is 5.91 Å². The minimum Gasteiger partial charge on any atom is -0.352 e. The number of rotatable bonds is 6. The molecule has 1 aliphatic heterocycles. The Morgan fingerprint density at radius 1 is 1.25 bits per heavy atom. The highest BCUT2D eigenvalue weighted by Gasteiger charge is 2.49. The van der Waals surface area contributed by atoms with Gasteiger partial charge in [-0.25, -0.2) is 4.79 Å². The average molecular weight is 331 g/mol. The van der Waals surface area contributed by atoms with Gasteiger partial charge in [-0.3, -0.25) is 14.5 Å². The van der Waals surface area contributed by atoms with Crippen LogP contribution in [0.3, 0.4) is 0 Å². The van der Waals surface area contributed by atoms with Crippen LogP contribution in [0, 0.1) is 0 Å². The lowest BCUT2D eigenvalue weighted by Crippen LogP contribution is -2.44. The summed E-state index contributed by atoms with van der Waals surface area (Å²) in [5, 5.41) is 5.40. The topological polar surface area (TPSA) is 78.5 Å². The number of amides is 4. The third kappa shape index (κ3) is 3.58. The quantitative estimate of drug-likeness (QED) is 0.782. The van der Waals surface area contributed by atoms with Gasteiger partial charge in [-0.1, -0.05) is 37.6 Å². The number of nitrogens with one attached hydrogen (secondary N) is 2. The Hall–Kier alpha value is -2.37. The van der Waals surface area contributed by atoms with E-state index in [9.17, 15) is 14.4 Å². The van der Waals surface area contributed by atoms with Crippen molar-refractivity contribution in [2.75, 3.05) is 6.54 Å². The highest BCUT2D eigenvalue weighted by Crippen LogP contribution is 2.29. The number of imide groups is 1. The van der Waals surface area contributed by atoms with E-state index in [1.54, 1.807) is 6.92 Å². The van der Waals surface area contributed by atoms with E-state index in [2.05, 4.69) is 17.6 Å². The molecular weight excluding hydrogens is 306 g/mol. The zero-order chi connectivity index (χ0) is 17.9. The van der Waals surface area contributed by atoms with E-state index >= 15 is 0 Å². The van der Waals surface area contributed by atoms with Crippen molar-refractivity contribution in [1.29, 1.82) is 0 Å². The van der Waals surface area contributed by atoms with Crippen LogP contribution in [0.2, 0.25) is 0 Å². The van der Waals surface area contributed by atoms with E-state index in [0.29, 0.717) is 5.56 Å². The summed E-state index contributed by atoms with van der Waals surface area (Å²) in [4.78, 5) is 37.8. The first-order chi connectivity index (χ1) is 11.3. The predicted octanol–water partition coefficient (Wildman–Crippen LogP) is 1.93. The standard InChI is InChI=1S/C18H25N3O3/c1-5-6-13-7-9-14(10-8-13)18(4)16(23)21(17(24)20-18)11-15(22)19-12(2)3/h7-10,12H,5-6,11H2,1-4H3,(H,19,22)(H,20,24). The molecule has 0 radical (unpaired) electrons. The van der Waals surface area contributed by atoms with Crippen molar-refractivity contribution in [3.63, 3.8) is 0 Å². The van der Waals surface area contributed by atoms with Gasteiger partial charge >= 0.3 is 6.03 Å². The molecule has 2 N–H and O–H groups in total. The molecule has 4 amide bonds. The van der Waals surface area contributed by atoms with Crippen LogP contribution in [-0.4, -0.2) is 35.3 Å². The molecule has 0 bridgehead atoms. The maximum absolute atomic E-state index is 12.7. The van der Waals surface area contributed by atoms with E-state index in [1.165, 1.54) is 5.56 Å². The van der Waals surface area contributed by atoms with Gasteiger partial charge in [0.15, 0.2) is 0 Å². The summed E-state index contributed by atoms with van der Waals surface area (Å²) in [6, 6.07) is 7.08. The van der Waals surface area contributed by atoms with Crippen molar-refractivity contribution in [3.05, 3.63) is 35.4 Å². The van der Waals surface area contributed by atoms with Crippen molar-refractivity contribution in [2.45, 2.75) is 52.1 Å². The van der Waals surface area contributed by atoms with Crippen LogP contribution in [0.5, 0.6) is 0 Å². The molecule has 0 spiro atoms. The molecule has 1 aromatic rings. The van der Waals surface area contributed by atoms with Gasteiger partial charge in [-0.05, 0) is 38.3 Å². The van der Waals surface area contributed by atoms with E-state index in [4.69, 9.17) is 0 Å². The zero-order valence-corrected chi connectivity index (χ0v) is 14.7. The lowest BCUT2D eigenvalue weighted by molar-refractivity contribution is -0.135. The molecule has 130 valence electrons. The Kier molecular flexibility index (Phi) is 5.26. The molecule has 6 heteroatoms. The second kappa shape index (κ2) is 7.03. The van der Waals surface area contributed by atoms with Gasteiger partial charge in [-0.2, -0.15) is 0 Å². The summed E-state index contributed by atoms with van der Waals surface area (Å²) in [5.74, 6) is -0.759. The molecule has 1 atom stereocenters. The van der Waals surface area contributed by atoms with Crippen molar-refractivity contribution < 1.29 is 14.4 Å². The molecule has 0 aliphatic carbocycles. The van der Waals surface area contributed by atoms with Crippen molar-refractivity contribution in [2.24, 2.45) is 0 Å². The Morgan fingerprint density at radius 3 is 2.42 bits per heavy atom. The Morgan fingerprint density at radius 2 is 1.88 bits per heavy atom. The van der Waals surface area contributed by atoms with E-state index in [1.807, 2.05) is 38.1 Å². The Balaban J connectivity index is 2.17. The molecule has 0 aromatic heterocycles. The molecule has 24 heavy (non-hydrogen) atoms. The number of aryl methyl sites for hydroxylation is 1. The molecule has 1 aromatic carbocycles. The van der Waals surface area contributed by atoms with Crippen LogP contribution in [0.25, 0.3) is 0 Å². The van der Waals surface area contributed by atoms with Crippen molar-refractivity contribution in [3.8, 4) is 0 Å². The second-order valence-electron chi connectivity index (χ2n) is 6.62. The molecule has 1 heterocycles. The Labute approximate surface area is 142 Å². The first-order valence-electron chi connectivity index (χ1n) is 8.30. The molecule has 1 aliphatic rings. The molecule has 2 rings (SSSR count). The smallest absolute Gasteiger partial charge is 0.325 e. The van der Waals surface area contributed by atoms with Crippen LogP contribution in [0.1, 0.15) is 45.2 Å². The number of nitrogens with zero attached hydrogens (tertiary/aromatic N) is 1. The number of hydrogen-bond acceptors (Lipinski definition) is 3. The first kappa shape index (κ1) is 18.0. The highest BCUT2D eigenvalue weighted by atomic mass is 16.2. The summed E-state index contributed by atoms with van der Waals surface area (Å²) < 4.78 is 0. The predicted molar refractivity (Wildman–Crippen MR) is 91.3 cm³/mol. The fraction of sp³-hybridized carbons (Fsp3) is 0.500. The molecule has 1 unspecified atom stereocenters. The number of carbonyl (C=O) groups excluding carboxylic acids is 3. The largest absolute Gasteiger partial charge is 0.352 e. The van der Waals surface area contributed by atoms with Crippen LogP contribution in [-0.2, 0) is 21.5 Å². The average Bonchev–Trinajstić information content (AvgIpc) is 2.72. The van der Waals surface area contributed by atoms with Gasteiger partial charge in [0, 0.05) is 6.04 Å². The SMILES string of the molecule is CCCc1ccc(C2(C)NC(=O)N(CC(=O)NC(C)C)C2=O)cc1. The van der Waals surface area contributed by atoms with Crippen LogP contribution < -0.4 is 10.6 Å². The molecule has 1 saturated heterocycles. The minimum absolute atomic E-state index is 0.0456. The third-order valence-electron chi connectivity index (χ3n) is 4.10.